The first-order valence-corrected chi connectivity index (χ1v) is 11.6. The van der Waals surface area contributed by atoms with Crippen LogP contribution in [-0.4, -0.2) is 27.1 Å². The lowest BCUT2D eigenvalue weighted by Crippen LogP contribution is -2.09. The zero-order valence-electron chi connectivity index (χ0n) is 19.2. The predicted octanol–water partition coefficient (Wildman–Crippen LogP) is 6.80. The Balaban J connectivity index is 1.41. The third-order valence-corrected chi connectivity index (χ3v) is 6.09. The summed E-state index contributed by atoms with van der Waals surface area (Å²) >= 11 is 5.80. The second-order valence-electron chi connectivity index (χ2n) is 8.17. The number of benzene rings is 4. The van der Waals surface area contributed by atoms with Crippen LogP contribution in [0.15, 0.2) is 95.2 Å². The lowest BCUT2D eigenvalue weighted by atomic mass is 10.0. The van der Waals surface area contributed by atoms with E-state index in [-0.39, 0.29) is 28.0 Å². The van der Waals surface area contributed by atoms with Gasteiger partial charge in [0.1, 0.15) is 0 Å². The smallest absolute Gasteiger partial charge is 0.312 e. The van der Waals surface area contributed by atoms with Gasteiger partial charge in [-0.25, -0.2) is 0 Å². The summed E-state index contributed by atoms with van der Waals surface area (Å²) in [4.78, 5) is 22.9. The Hall–Kier alpha value is -4.76. The molecule has 0 spiro atoms. The monoisotopic (exact) mass is 514 g/mol. The highest BCUT2D eigenvalue weighted by Gasteiger charge is 2.19. The highest BCUT2D eigenvalue weighted by molar-refractivity contribution is 6.30. The number of carbonyl (C=O) groups excluding carboxylic acids is 1. The molecule has 0 aliphatic rings. The Bertz CT molecular complexity index is 1690. The van der Waals surface area contributed by atoms with Gasteiger partial charge in [0.05, 0.1) is 17.0 Å². The zero-order valence-corrected chi connectivity index (χ0v) is 20.0. The van der Waals surface area contributed by atoms with Gasteiger partial charge in [-0.15, -0.1) is 10.2 Å². The fraction of sp³-hybridized carbons (Fsp3) is 0.0741. The van der Waals surface area contributed by atoms with Gasteiger partial charge in [0, 0.05) is 16.5 Å². The normalized spacial score (nSPS) is 11.4. The Morgan fingerprint density at radius 1 is 1.00 bits per heavy atom. The number of ether oxygens (including phenoxy) is 1. The number of amides is 1. The summed E-state index contributed by atoms with van der Waals surface area (Å²) in [6.07, 6.45) is 0. The molecule has 37 heavy (non-hydrogen) atoms. The summed E-state index contributed by atoms with van der Waals surface area (Å²) in [6, 6.07) is 25.1. The first kappa shape index (κ1) is 24.0. The molecule has 4 aromatic carbocycles. The SMILES string of the molecule is O=C(COc1ccc(Cl)cc1[N+](=O)[O-])N=Nc1c(O)n(Cc2cccc3ccccc23)c2ccccc12. The molecule has 0 atom stereocenters. The number of hydrogen-bond donors (Lipinski definition) is 1. The molecule has 184 valence electrons. The standard InChI is InChI=1S/C27H19ClN4O5/c28-19-12-13-24(23(14-19)32(35)36)37-16-25(33)29-30-26-21-10-3-4-11-22(21)31(27(26)34)15-18-8-5-7-17-6-1-2-9-20(17)18/h1-14,34H,15-16H2. The maximum atomic E-state index is 12.4. The largest absolute Gasteiger partial charge is 0.493 e. The number of rotatable bonds is 7. The van der Waals surface area contributed by atoms with E-state index in [0.29, 0.717) is 11.9 Å². The van der Waals surface area contributed by atoms with E-state index in [0.717, 1.165) is 27.9 Å². The van der Waals surface area contributed by atoms with E-state index in [1.807, 2.05) is 54.6 Å². The molecule has 1 aromatic heterocycles. The summed E-state index contributed by atoms with van der Waals surface area (Å²) in [7, 11) is 0. The minimum absolute atomic E-state index is 0.118. The molecule has 0 aliphatic carbocycles. The number of nitro groups is 1. The first-order valence-electron chi connectivity index (χ1n) is 11.2. The predicted molar refractivity (Wildman–Crippen MR) is 140 cm³/mol. The van der Waals surface area contributed by atoms with Gasteiger partial charge in [-0.2, -0.15) is 0 Å². The fourth-order valence-corrected chi connectivity index (χ4v) is 4.33. The Morgan fingerprint density at radius 2 is 1.73 bits per heavy atom. The van der Waals surface area contributed by atoms with Crippen molar-refractivity contribution in [3.63, 3.8) is 0 Å². The quantitative estimate of drug-likeness (QED) is 0.145. The fourth-order valence-electron chi connectivity index (χ4n) is 4.16. The van der Waals surface area contributed by atoms with Crippen molar-refractivity contribution in [2.45, 2.75) is 6.54 Å². The molecule has 0 aliphatic heterocycles. The third-order valence-electron chi connectivity index (χ3n) is 5.86. The third kappa shape index (κ3) is 4.85. The molecule has 9 nitrogen and oxygen atoms in total. The molecular formula is C27H19ClN4O5. The molecule has 5 rings (SSSR count). The van der Waals surface area contributed by atoms with Crippen molar-refractivity contribution in [2.24, 2.45) is 10.2 Å². The van der Waals surface area contributed by atoms with Crippen molar-refractivity contribution in [3.05, 3.63) is 106 Å². The average molecular weight is 515 g/mol. The van der Waals surface area contributed by atoms with Crippen LogP contribution in [0.1, 0.15) is 5.56 Å². The summed E-state index contributed by atoms with van der Waals surface area (Å²) in [5.74, 6) is -1.04. The molecule has 0 unspecified atom stereocenters. The van der Waals surface area contributed by atoms with E-state index in [1.54, 1.807) is 16.7 Å². The van der Waals surface area contributed by atoms with Gasteiger partial charge < -0.3 is 14.4 Å². The number of nitro benzene ring substituents is 1. The number of aromatic hydroxyl groups is 1. The van der Waals surface area contributed by atoms with E-state index in [9.17, 15) is 20.0 Å². The highest BCUT2D eigenvalue weighted by Crippen LogP contribution is 2.39. The lowest BCUT2D eigenvalue weighted by molar-refractivity contribution is -0.385. The molecule has 5 aromatic rings. The van der Waals surface area contributed by atoms with Crippen LogP contribution < -0.4 is 4.74 Å². The second kappa shape index (κ2) is 10.1. The van der Waals surface area contributed by atoms with Crippen molar-refractivity contribution in [1.29, 1.82) is 0 Å². The van der Waals surface area contributed by atoms with Gasteiger partial charge in [0.15, 0.2) is 18.0 Å². The van der Waals surface area contributed by atoms with Crippen molar-refractivity contribution < 1.29 is 19.6 Å². The van der Waals surface area contributed by atoms with Crippen LogP contribution in [0.25, 0.3) is 21.7 Å². The summed E-state index contributed by atoms with van der Waals surface area (Å²) in [6.45, 7) is -0.206. The Morgan fingerprint density at radius 3 is 2.54 bits per heavy atom. The number of para-hydroxylation sites is 1. The number of halogens is 1. The molecular weight excluding hydrogens is 496 g/mol. The summed E-state index contributed by atoms with van der Waals surface area (Å²) < 4.78 is 6.99. The van der Waals surface area contributed by atoms with Crippen LogP contribution in [0, 0.1) is 10.1 Å². The molecule has 1 heterocycles. The number of hydrogen-bond acceptors (Lipinski definition) is 6. The molecule has 0 radical (unpaired) electrons. The van der Waals surface area contributed by atoms with Crippen LogP contribution in [0.3, 0.4) is 0 Å². The zero-order chi connectivity index (χ0) is 25.9. The van der Waals surface area contributed by atoms with E-state index < -0.39 is 17.4 Å². The molecule has 0 fully saturated rings. The molecule has 0 saturated carbocycles. The number of aromatic nitrogens is 1. The molecule has 10 heteroatoms. The van der Waals surface area contributed by atoms with Gasteiger partial charge in [0.25, 0.3) is 0 Å². The molecule has 1 N–H and O–H groups in total. The molecule has 0 saturated heterocycles. The van der Waals surface area contributed by atoms with Crippen molar-refractivity contribution in [1.82, 2.24) is 4.57 Å². The van der Waals surface area contributed by atoms with Crippen LogP contribution in [0.5, 0.6) is 11.6 Å². The number of carbonyl (C=O) groups is 1. The number of fused-ring (bicyclic) bond motifs is 2. The Kier molecular flexibility index (Phi) is 6.53. The minimum Gasteiger partial charge on any atom is -0.493 e. The van der Waals surface area contributed by atoms with E-state index >= 15 is 0 Å². The molecule has 1 amide bonds. The average Bonchev–Trinajstić information content (AvgIpc) is 3.17. The van der Waals surface area contributed by atoms with Crippen molar-refractivity contribution in [2.75, 3.05) is 6.61 Å². The van der Waals surface area contributed by atoms with Crippen LogP contribution in [0.2, 0.25) is 5.02 Å². The molecule has 0 bridgehead atoms. The van der Waals surface area contributed by atoms with Crippen LogP contribution in [-0.2, 0) is 11.3 Å². The van der Waals surface area contributed by atoms with Crippen molar-refractivity contribution >= 4 is 50.6 Å². The topological polar surface area (TPSA) is 119 Å². The minimum atomic E-state index is -0.783. The summed E-state index contributed by atoms with van der Waals surface area (Å²) in [5.41, 5.74) is 1.50. The van der Waals surface area contributed by atoms with Gasteiger partial charge in [0.2, 0.25) is 5.88 Å². The summed E-state index contributed by atoms with van der Waals surface area (Å²) in [5, 5.41) is 32.9. The van der Waals surface area contributed by atoms with Gasteiger partial charge >= 0.3 is 11.6 Å². The first-order chi connectivity index (χ1) is 17.9. The maximum Gasteiger partial charge on any atom is 0.312 e. The van der Waals surface area contributed by atoms with Crippen LogP contribution >= 0.6 is 11.6 Å². The van der Waals surface area contributed by atoms with Gasteiger partial charge in [-0.3, -0.25) is 14.9 Å². The Labute approximate surface area is 215 Å². The second-order valence-corrected chi connectivity index (χ2v) is 8.60. The number of nitrogens with zero attached hydrogens (tertiary/aromatic N) is 4. The van der Waals surface area contributed by atoms with E-state index in [1.165, 1.54) is 12.1 Å². The van der Waals surface area contributed by atoms with Gasteiger partial charge in [-0.05, 0) is 34.5 Å². The maximum absolute atomic E-state index is 12.4. The van der Waals surface area contributed by atoms with E-state index in [4.69, 9.17) is 16.3 Å². The van der Waals surface area contributed by atoms with Gasteiger partial charge in [-0.1, -0.05) is 72.3 Å². The highest BCUT2D eigenvalue weighted by atomic mass is 35.5. The van der Waals surface area contributed by atoms with Crippen LogP contribution in [0.4, 0.5) is 11.4 Å². The van der Waals surface area contributed by atoms with Crippen molar-refractivity contribution in [3.8, 4) is 11.6 Å². The lowest BCUT2D eigenvalue weighted by Gasteiger charge is -2.10. The van der Waals surface area contributed by atoms with E-state index in [2.05, 4.69) is 10.2 Å². The number of azo groups is 1.